The zero-order valence-electron chi connectivity index (χ0n) is 11.4. The van der Waals surface area contributed by atoms with Crippen molar-refractivity contribution in [1.29, 1.82) is 0 Å². The number of nitrogens with one attached hydrogen (secondary N) is 1. The standard InChI is InChI=1S/C14H28BrNO/c1-3-4-5-6-7-8-9-10-14(17)16-12-13(2)11-15/h13H,3-12H2,1-2H3,(H,16,17). The fourth-order valence-corrected chi connectivity index (χ4v) is 1.90. The van der Waals surface area contributed by atoms with E-state index in [1.165, 1.54) is 38.5 Å². The number of carbonyl (C=O) groups excluding carboxylic acids is 1. The largest absolute Gasteiger partial charge is 0.356 e. The van der Waals surface area contributed by atoms with Gasteiger partial charge >= 0.3 is 0 Å². The molecular weight excluding hydrogens is 278 g/mol. The maximum Gasteiger partial charge on any atom is 0.220 e. The number of hydrogen-bond acceptors (Lipinski definition) is 1. The molecule has 0 aliphatic carbocycles. The Morgan fingerprint density at radius 1 is 1.12 bits per heavy atom. The lowest BCUT2D eigenvalue weighted by atomic mass is 10.1. The molecule has 1 unspecified atom stereocenters. The summed E-state index contributed by atoms with van der Waals surface area (Å²) in [5.41, 5.74) is 0. The van der Waals surface area contributed by atoms with Crippen molar-refractivity contribution in [2.24, 2.45) is 5.92 Å². The first-order chi connectivity index (χ1) is 8.20. The second-order valence-electron chi connectivity index (χ2n) is 4.93. The first-order valence-corrected chi connectivity index (χ1v) is 8.15. The van der Waals surface area contributed by atoms with Crippen LogP contribution in [0.3, 0.4) is 0 Å². The zero-order chi connectivity index (χ0) is 12.9. The summed E-state index contributed by atoms with van der Waals surface area (Å²) in [6.07, 6.45) is 9.56. The van der Waals surface area contributed by atoms with Gasteiger partial charge in [-0.05, 0) is 12.3 Å². The van der Waals surface area contributed by atoms with Gasteiger partial charge in [0.05, 0.1) is 0 Å². The molecule has 0 fully saturated rings. The Hall–Kier alpha value is -0.0500. The van der Waals surface area contributed by atoms with Gasteiger partial charge in [-0.3, -0.25) is 4.79 Å². The highest BCUT2D eigenvalue weighted by molar-refractivity contribution is 9.09. The van der Waals surface area contributed by atoms with Crippen LogP contribution in [0.5, 0.6) is 0 Å². The maximum atomic E-state index is 11.5. The number of amides is 1. The minimum Gasteiger partial charge on any atom is -0.356 e. The van der Waals surface area contributed by atoms with Crippen LogP contribution in [-0.2, 0) is 4.79 Å². The van der Waals surface area contributed by atoms with Crippen LogP contribution in [0.1, 0.15) is 65.2 Å². The Morgan fingerprint density at radius 3 is 2.29 bits per heavy atom. The molecule has 3 heteroatoms. The van der Waals surface area contributed by atoms with Gasteiger partial charge in [-0.2, -0.15) is 0 Å². The van der Waals surface area contributed by atoms with Crippen molar-refractivity contribution in [3.8, 4) is 0 Å². The summed E-state index contributed by atoms with van der Waals surface area (Å²) in [6, 6.07) is 0. The fourth-order valence-electron chi connectivity index (χ4n) is 1.67. The van der Waals surface area contributed by atoms with Gasteiger partial charge in [-0.25, -0.2) is 0 Å². The fraction of sp³-hybridized carbons (Fsp3) is 0.929. The zero-order valence-corrected chi connectivity index (χ0v) is 13.0. The van der Waals surface area contributed by atoms with Crippen LogP contribution in [-0.4, -0.2) is 17.8 Å². The van der Waals surface area contributed by atoms with E-state index in [1.807, 2.05) is 0 Å². The molecule has 0 saturated heterocycles. The van der Waals surface area contributed by atoms with Crippen molar-refractivity contribution in [1.82, 2.24) is 5.32 Å². The SMILES string of the molecule is CCCCCCCCCC(=O)NCC(C)CBr. The van der Waals surface area contributed by atoms with Crippen LogP contribution in [0.25, 0.3) is 0 Å². The molecule has 0 aromatic heterocycles. The molecule has 0 aliphatic rings. The minimum atomic E-state index is 0.214. The summed E-state index contributed by atoms with van der Waals surface area (Å²) in [6.45, 7) is 5.15. The summed E-state index contributed by atoms with van der Waals surface area (Å²) in [4.78, 5) is 11.5. The average molecular weight is 306 g/mol. The van der Waals surface area contributed by atoms with Crippen LogP contribution in [0, 0.1) is 5.92 Å². The Balaban J connectivity index is 3.22. The van der Waals surface area contributed by atoms with Crippen LogP contribution in [0.15, 0.2) is 0 Å². The molecule has 0 saturated carbocycles. The number of carbonyl (C=O) groups is 1. The number of alkyl halides is 1. The van der Waals surface area contributed by atoms with Crippen molar-refractivity contribution in [2.75, 3.05) is 11.9 Å². The summed E-state index contributed by atoms with van der Waals surface area (Å²) in [5.74, 6) is 0.736. The third-order valence-corrected chi connectivity index (χ3v) is 4.02. The van der Waals surface area contributed by atoms with Crippen LogP contribution < -0.4 is 5.32 Å². The summed E-state index contributed by atoms with van der Waals surface area (Å²) >= 11 is 3.41. The third-order valence-electron chi connectivity index (χ3n) is 2.92. The molecule has 0 aromatic rings. The topological polar surface area (TPSA) is 29.1 Å². The van der Waals surface area contributed by atoms with Crippen molar-refractivity contribution >= 4 is 21.8 Å². The van der Waals surface area contributed by atoms with Gasteiger partial charge in [-0.15, -0.1) is 0 Å². The highest BCUT2D eigenvalue weighted by Gasteiger charge is 2.03. The molecule has 102 valence electrons. The van der Waals surface area contributed by atoms with Crippen LogP contribution in [0.2, 0.25) is 0 Å². The van der Waals surface area contributed by atoms with Gasteiger partial charge in [-0.1, -0.05) is 68.3 Å². The van der Waals surface area contributed by atoms with Crippen molar-refractivity contribution in [3.63, 3.8) is 0 Å². The molecule has 0 radical (unpaired) electrons. The molecule has 1 N–H and O–H groups in total. The van der Waals surface area contributed by atoms with Gasteiger partial charge in [0.25, 0.3) is 0 Å². The maximum absolute atomic E-state index is 11.5. The minimum absolute atomic E-state index is 0.214. The van der Waals surface area contributed by atoms with Crippen molar-refractivity contribution in [2.45, 2.75) is 65.2 Å². The smallest absolute Gasteiger partial charge is 0.220 e. The van der Waals surface area contributed by atoms with Crippen LogP contribution >= 0.6 is 15.9 Å². The van der Waals surface area contributed by atoms with E-state index in [0.29, 0.717) is 12.3 Å². The van der Waals surface area contributed by atoms with E-state index >= 15 is 0 Å². The van der Waals surface area contributed by atoms with E-state index in [1.54, 1.807) is 0 Å². The Labute approximate surface area is 115 Å². The summed E-state index contributed by atoms with van der Waals surface area (Å²) < 4.78 is 0. The average Bonchev–Trinajstić information content (AvgIpc) is 2.34. The lowest BCUT2D eigenvalue weighted by Gasteiger charge is -2.09. The lowest BCUT2D eigenvalue weighted by molar-refractivity contribution is -0.121. The first-order valence-electron chi connectivity index (χ1n) is 7.03. The van der Waals surface area contributed by atoms with Gasteiger partial charge in [0, 0.05) is 18.3 Å². The quantitative estimate of drug-likeness (QED) is 0.448. The van der Waals surface area contributed by atoms with E-state index in [-0.39, 0.29) is 5.91 Å². The highest BCUT2D eigenvalue weighted by Crippen LogP contribution is 2.08. The van der Waals surface area contributed by atoms with E-state index in [9.17, 15) is 4.79 Å². The summed E-state index contributed by atoms with van der Waals surface area (Å²) in [5, 5.41) is 3.92. The Kier molecular flexibility index (Phi) is 12.4. The van der Waals surface area contributed by atoms with E-state index in [0.717, 1.165) is 18.3 Å². The monoisotopic (exact) mass is 305 g/mol. The lowest BCUT2D eigenvalue weighted by Crippen LogP contribution is -2.28. The third kappa shape index (κ3) is 12.2. The van der Waals surface area contributed by atoms with E-state index in [4.69, 9.17) is 0 Å². The highest BCUT2D eigenvalue weighted by atomic mass is 79.9. The molecule has 0 aliphatic heterocycles. The van der Waals surface area contributed by atoms with Gasteiger partial charge in [0.15, 0.2) is 0 Å². The Bertz CT molecular complexity index is 185. The Morgan fingerprint density at radius 2 is 1.71 bits per heavy atom. The second-order valence-corrected chi connectivity index (χ2v) is 5.58. The second kappa shape index (κ2) is 12.4. The molecule has 2 nitrogen and oxygen atoms in total. The first kappa shape index (κ1) is 16.9. The molecule has 0 rings (SSSR count). The molecule has 0 aromatic carbocycles. The van der Waals surface area contributed by atoms with Crippen LogP contribution in [0.4, 0.5) is 0 Å². The summed E-state index contributed by atoms with van der Waals surface area (Å²) in [7, 11) is 0. The number of rotatable bonds is 11. The van der Waals surface area contributed by atoms with Gasteiger partial charge < -0.3 is 5.32 Å². The number of hydrogen-bond donors (Lipinski definition) is 1. The molecule has 0 bridgehead atoms. The molecular formula is C14H28BrNO. The van der Waals surface area contributed by atoms with Crippen molar-refractivity contribution < 1.29 is 4.79 Å². The predicted octanol–water partition coefficient (Wildman–Crippen LogP) is 4.27. The number of halogens is 1. The molecule has 0 heterocycles. The van der Waals surface area contributed by atoms with Gasteiger partial charge in [0.1, 0.15) is 0 Å². The normalized spacial score (nSPS) is 12.4. The van der Waals surface area contributed by atoms with E-state index < -0.39 is 0 Å². The molecule has 0 spiro atoms. The van der Waals surface area contributed by atoms with Gasteiger partial charge in [0.2, 0.25) is 5.91 Å². The van der Waals surface area contributed by atoms with E-state index in [2.05, 4.69) is 35.1 Å². The molecule has 1 amide bonds. The molecule has 1 atom stereocenters. The predicted molar refractivity (Wildman–Crippen MR) is 78.6 cm³/mol. The molecule has 17 heavy (non-hydrogen) atoms. The van der Waals surface area contributed by atoms with Crippen molar-refractivity contribution in [3.05, 3.63) is 0 Å². The number of unbranched alkanes of at least 4 members (excludes halogenated alkanes) is 6.